The molecule has 27 heavy (non-hydrogen) atoms. The number of nitrogens with zero attached hydrogens (tertiary/aromatic N) is 3. The van der Waals surface area contributed by atoms with Crippen LogP contribution in [-0.2, 0) is 4.74 Å². The van der Waals surface area contributed by atoms with Gasteiger partial charge in [0.15, 0.2) is 11.5 Å². The quantitative estimate of drug-likeness (QED) is 0.278. The Labute approximate surface area is 154 Å². The number of aromatic nitrogens is 2. The number of aromatic hydroxyl groups is 1. The Morgan fingerprint density at radius 3 is 2.63 bits per heavy atom. The van der Waals surface area contributed by atoms with Crippen molar-refractivity contribution in [3.8, 4) is 22.9 Å². The fourth-order valence-electron chi connectivity index (χ4n) is 2.67. The highest BCUT2D eigenvalue weighted by molar-refractivity contribution is 5.80. The molecule has 0 saturated carbocycles. The first kappa shape index (κ1) is 19.0. The normalized spacial score (nSPS) is 28.4. The Bertz CT molecular complexity index is 818. The van der Waals surface area contributed by atoms with Gasteiger partial charge in [0.1, 0.15) is 24.0 Å². The number of hydrogen-bond donors (Lipinski definition) is 5. The number of ether oxygens (including phenoxy) is 2. The van der Waals surface area contributed by atoms with Crippen LogP contribution in [0.2, 0.25) is 0 Å². The maximum Gasteiger partial charge on any atom is 0.229 e. The lowest BCUT2D eigenvalue weighted by atomic mass is 10.00. The first-order chi connectivity index (χ1) is 12.9. The number of rotatable bonds is 4. The first-order valence-electron chi connectivity index (χ1n) is 8.11. The lowest BCUT2D eigenvalue weighted by Crippen LogP contribution is -2.58. The third-order valence-electron chi connectivity index (χ3n) is 4.13. The summed E-state index contributed by atoms with van der Waals surface area (Å²) in [6.07, 6.45) is -3.97. The van der Waals surface area contributed by atoms with Gasteiger partial charge in [0, 0.05) is 12.3 Å². The van der Waals surface area contributed by atoms with Gasteiger partial charge in [0.2, 0.25) is 6.29 Å². The molecule has 0 aromatic carbocycles. The lowest BCUT2D eigenvalue weighted by Gasteiger charge is -2.38. The van der Waals surface area contributed by atoms with Crippen molar-refractivity contribution >= 4 is 6.21 Å². The van der Waals surface area contributed by atoms with E-state index in [1.807, 2.05) is 0 Å². The molecule has 2 aromatic heterocycles. The number of oxime groups is 1. The Morgan fingerprint density at radius 1 is 1.19 bits per heavy atom. The molecule has 0 unspecified atom stereocenters. The van der Waals surface area contributed by atoms with Crippen molar-refractivity contribution in [1.29, 1.82) is 0 Å². The molecule has 3 rings (SSSR count). The van der Waals surface area contributed by atoms with E-state index < -0.39 is 30.7 Å². The van der Waals surface area contributed by atoms with Crippen molar-refractivity contribution in [1.82, 2.24) is 9.97 Å². The van der Waals surface area contributed by atoms with Crippen LogP contribution < -0.4 is 4.74 Å². The van der Waals surface area contributed by atoms with Crippen LogP contribution in [0.5, 0.6) is 11.5 Å². The maximum atomic E-state index is 10.6. The van der Waals surface area contributed by atoms with Crippen LogP contribution in [0.4, 0.5) is 0 Å². The molecule has 0 spiro atoms. The lowest BCUT2D eigenvalue weighted by molar-refractivity contribution is -0.268. The highest BCUT2D eigenvalue weighted by Crippen LogP contribution is 2.37. The van der Waals surface area contributed by atoms with E-state index in [1.54, 1.807) is 18.2 Å². The van der Waals surface area contributed by atoms with E-state index in [-0.39, 0.29) is 22.9 Å². The number of pyridine rings is 2. The Hall–Kier alpha value is -2.79. The van der Waals surface area contributed by atoms with Crippen LogP contribution in [0.1, 0.15) is 12.6 Å². The van der Waals surface area contributed by atoms with Gasteiger partial charge in [-0.2, -0.15) is 0 Å². The van der Waals surface area contributed by atoms with E-state index in [2.05, 4.69) is 15.1 Å². The van der Waals surface area contributed by atoms with Crippen LogP contribution in [0.15, 0.2) is 35.6 Å². The molecule has 1 saturated heterocycles. The summed E-state index contributed by atoms with van der Waals surface area (Å²) >= 11 is 0. The highest BCUT2D eigenvalue weighted by Gasteiger charge is 2.43. The van der Waals surface area contributed by atoms with Crippen molar-refractivity contribution in [2.45, 2.75) is 37.6 Å². The fraction of sp³-hybridized carbons (Fsp3) is 0.353. The van der Waals surface area contributed by atoms with Crippen molar-refractivity contribution in [3.63, 3.8) is 0 Å². The van der Waals surface area contributed by atoms with E-state index in [0.717, 1.165) is 6.21 Å². The summed E-state index contributed by atoms with van der Waals surface area (Å²) in [6, 6.07) is 6.26. The minimum atomic E-state index is -1.56. The van der Waals surface area contributed by atoms with Gasteiger partial charge in [0.25, 0.3) is 0 Å². The second-order valence-corrected chi connectivity index (χ2v) is 6.00. The van der Waals surface area contributed by atoms with E-state index in [9.17, 15) is 20.4 Å². The molecule has 1 aliphatic heterocycles. The molecule has 1 aliphatic rings. The molecule has 3 heterocycles. The molecule has 144 valence electrons. The predicted molar refractivity (Wildman–Crippen MR) is 91.5 cm³/mol. The van der Waals surface area contributed by atoms with Crippen molar-refractivity contribution < 1.29 is 35.1 Å². The smallest absolute Gasteiger partial charge is 0.229 e. The minimum Gasteiger partial charge on any atom is -0.503 e. The molecule has 10 heteroatoms. The van der Waals surface area contributed by atoms with Crippen LogP contribution >= 0.6 is 0 Å². The first-order valence-corrected chi connectivity index (χ1v) is 8.11. The second-order valence-electron chi connectivity index (χ2n) is 6.00. The second kappa shape index (κ2) is 7.84. The van der Waals surface area contributed by atoms with Gasteiger partial charge >= 0.3 is 0 Å². The van der Waals surface area contributed by atoms with Crippen LogP contribution in [-0.4, -0.2) is 72.5 Å². The van der Waals surface area contributed by atoms with Crippen LogP contribution in [0.25, 0.3) is 11.4 Å². The molecule has 5 N–H and O–H groups in total. The summed E-state index contributed by atoms with van der Waals surface area (Å²) in [5, 5.41) is 52.0. The van der Waals surface area contributed by atoms with Crippen molar-refractivity contribution in [2.24, 2.45) is 5.16 Å². The molecule has 0 bridgehead atoms. The predicted octanol–water partition coefficient (Wildman–Crippen LogP) is -0.136. The fourth-order valence-corrected chi connectivity index (χ4v) is 2.67. The zero-order valence-electron chi connectivity index (χ0n) is 14.2. The highest BCUT2D eigenvalue weighted by atomic mass is 16.7. The molecular formula is C17H19N3O7. The van der Waals surface area contributed by atoms with Crippen molar-refractivity contribution in [3.05, 3.63) is 36.2 Å². The van der Waals surface area contributed by atoms with Gasteiger partial charge in [-0.15, -0.1) is 0 Å². The van der Waals surface area contributed by atoms with E-state index in [0.29, 0.717) is 5.69 Å². The minimum absolute atomic E-state index is 0.0573. The standard InChI is InChI=1S/C17H19N3O7/c1-8-13(21)15(23)16(24)17(26-8)27-11-6-9(7-19-25)20-12(14(11)22)10-4-2-3-5-18-10/h2-8,13,15-17,21-25H,1H3/b19-7+/t8-,13-,15-,16-,17-/m1/s1. The van der Waals surface area contributed by atoms with E-state index in [1.165, 1.54) is 19.2 Å². The summed E-state index contributed by atoms with van der Waals surface area (Å²) in [6.45, 7) is 1.51. The molecule has 10 nitrogen and oxygen atoms in total. The molecule has 5 atom stereocenters. The van der Waals surface area contributed by atoms with Gasteiger partial charge in [-0.25, -0.2) is 4.98 Å². The monoisotopic (exact) mass is 377 g/mol. The van der Waals surface area contributed by atoms with E-state index >= 15 is 0 Å². The van der Waals surface area contributed by atoms with Gasteiger partial charge in [-0.05, 0) is 19.1 Å². The average molecular weight is 377 g/mol. The largest absolute Gasteiger partial charge is 0.503 e. The summed E-state index contributed by atoms with van der Waals surface area (Å²) in [7, 11) is 0. The number of hydrogen-bond acceptors (Lipinski definition) is 10. The Morgan fingerprint density at radius 2 is 1.96 bits per heavy atom. The molecule has 1 fully saturated rings. The molecule has 2 aromatic rings. The molecular weight excluding hydrogens is 358 g/mol. The number of aliphatic hydroxyl groups is 3. The summed E-state index contributed by atoms with van der Waals surface area (Å²) in [4.78, 5) is 8.26. The molecule has 0 radical (unpaired) electrons. The van der Waals surface area contributed by atoms with Gasteiger partial charge in [-0.3, -0.25) is 4.98 Å². The summed E-state index contributed by atoms with van der Waals surface area (Å²) in [5.41, 5.74) is 0.536. The Kier molecular flexibility index (Phi) is 5.51. The average Bonchev–Trinajstić information content (AvgIpc) is 2.67. The molecule has 0 aliphatic carbocycles. The zero-order chi connectivity index (χ0) is 19.6. The third kappa shape index (κ3) is 3.83. The van der Waals surface area contributed by atoms with E-state index in [4.69, 9.17) is 14.7 Å². The third-order valence-corrected chi connectivity index (χ3v) is 4.13. The molecule has 0 amide bonds. The van der Waals surface area contributed by atoms with Gasteiger partial charge < -0.3 is 35.1 Å². The van der Waals surface area contributed by atoms with Crippen molar-refractivity contribution in [2.75, 3.05) is 0 Å². The zero-order valence-corrected chi connectivity index (χ0v) is 14.2. The summed E-state index contributed by atoms with van der Waals surface area (Å²) < 4.78 is 10.9. The van der Waals surface area contributed by atoms with Crippen LogP contribution in [0, 0.1) is 0 Å². The Balaban J connectivity index is 1.98. The van der Waals surface area contributed by atoms with Crippen LogP contribution in [0.3, 0.4) is 0 Å². The van der Waals surface area contributed by atoms with Gasteiger partial charge in [0.05, 0.1) is 23.7 Å². The number of aliphatic hydroxyl groups excluding tert-OH is 3. The maximum absolute atomic E-state index is 10.6. The SMILES string of the molecule is C[C@H]1O[C@H](Oc2cc(/C=N/O)nc(-c3ccccn3)c2O)[C@H](O)[C@H](O)[C@@H]1O. The summed E-state index contributed by atoms with van der Waals surface area (Å²) in [5.74, 6) is -0.520. The van der Waals surface area contributed by atoms with Gasteiger partial charge in [-0.1, -0.05) is 11.2 Å². The topological polar surface area (TPSA) is 158 Å².